The molecule has 3 fully saturated rings. The predicted molar refractivity (Wildman–Crippen MR) is 224 cm³/mol. The number of hydrogen-bond acceptors (Lipinski definition) is 12. The fraction of sp³-hybridized carbons (Fsp3) is 0.512. The Hall–Kier alpha value is -5.57. The van der Waals surface area contributed by atoms with Crippen molar-refractivity contribution in [2.45, 2.75) is 64.5 Å². The normalized spacial score (nSPS) is 20.0. The molecule has 3 aromatic rings. The molecular formula is C43H57N9O6. The number of ether oxygens (including phenoxy) is 3. The standard InChI is InChI=1S/C43H57N9O6/c1-6-9-28(23-38(53)58-7-2)33-13-11-29-22-32(25-34(29)40(33)57-5)49-17-19-50(20-18-49)35-14-12-30(24-36(35)56-4)46-42-39(41(44)54)45-26-37(47-42)51-15-8-10-31(27-51)52-21-16-48(3)43(52)55/h9,11-14,24,26,31-32H,6-8,10,15-23,25,27H2,1-5H3,(H2,44,54)(H,46,47)/b28-9+. The number of likely N-dealkylation sites (N-methyl/N-ethyl adjacent to an activating group) is 1. The van der Waals surface area contributed by atoms with Gasteiger partial charge < -0.3 is 44.9 Å². The van der Waals surface area contributed by atoms with E-state index in [0.29, 0.717) is 43.0 Å². The first-order valence-corrected chi connectivity index (χ1v) is 20.5. The van der Waals surface area contributed by atoms with E-state index in [9.17, 15) is 14.4 Å². The van der Waals surface area contributed by atoms with Crippen molar-refractivity contribution in [3.63, 3.8) is 0 Å². The van der Waals surface area contributed by atoms with Gasteiger partial charge in [0.05, 0.1) is 45.2 Å². The number of piperidine rings is 1. The van der Waals surface area contributed by atoms with Crippen molar-refractivity contribution in [2.75, 3.05) is 95.3 Å². The quantitative estimate of drug-likeness (QED) is 0.217. The van der Waals surface area contributed by atoms with Crippen LogP contribution >= 0.6 is 0 Å². The Balaban J connectivity index is 1.01. The first-order valence-electron chi connectivity index (χ1n) is 20.5. The summed E-state index contributed by atoms with van der Waals surface area (Å²) in [4.78, 5) is 57.7. The molecule has 2 aromatic carbocycles. The lowest BCUT2D eigenvalue weighted by molar-refractivity contribution is -0.141. The van der Waals surface area contributed by atoms with Gasteiger partial charge in [0.15, 0.2) is 11.5 Å². The Bertz CT molecular complexity index is 2030. The second-order valence-electron chi connectivity index (χ2n) is 15.4. The number of amides is 3. The minimum Gasteiger partial charge on any atom is -0.496 e. The number of carbonyl (C=O) groups excluding carboxylic acids is 3. The molecule has 7 rings (SSSR count). The number of piperazine rings is 1. The number of benzene rings is 2. The summed E-state index contributed by atoms with van der Waals surface area (Å²) in [6.45, 7) is 10.6. The van der Waals surface area contributed by atoms with Crippen LogP contribution in [-0.4, -0.2) is 135 Å². The minimum atomic E-state index is -0.679. The van der Waals surface area contributed by atoms with Gasteiger partial charge in [-0.15, -0.1) is 0 Å². The third-order valence-corrected chi connectivity index (χ3v) is 11.9. The number of hydrogen-bond donors (Lipinski definition) is 2. The molecule has 15 nitrogen and oxygen atoms in total. The Kier molecular flexibility index (Phi) is 12.6. The predicted octanol–water partition coefficient (Wildman–Crippen LogP) is 4.71. The van der Waals surface area contributed by atoms with Crippen molar-refractivity contribution in [1.29, 1.82) is 0 Å². The maximum absolute atomic E-state index is 12.7. The van der Waals surface area contributed by atoms with E-state index >= 15 is 0 Å². The number of fused-ring (bicyclic) bond motifs is 1. The van der Waals surface area contributed by atoms with Gasteiger partial charge in [-0.3, -0.25) is 14.5 Å². The molecule has 2 atom stereocenters. The van der Waals surface area contributed by atoms with Crippen LogP contribution < -0.4 is 30.3 Å². The van der Waals surface area contributed by atoms with Crippen LogP contribution in [0.3, 0.4) is 0 Å². The zero-order chi connectivity index (χ0) is 40.9. The summed E-state index contributed by atoms with van der Waals surface area (Å²) in [6, 6.07) is 10.7. The monoisotopic (exact) mass is 795 g/mol. The van der Waals surface area contributed by atoms with Crippen molar-refractivity contribution in [1.82, 2.24) is 24.7 Å². The number of nitrogens with one attached hydrogen (secondary N) is 1. The molecule has 3 amide bonds. The molecule has 3 saturated heterocycles. The zero-order valence-electron chi connectivity index (χ0n) is 34.5. The summed E-state index contributed by atoms with van der Waals surface area (Å²) >= 11 is 0. The van der Waals surface area contributed by atoms with E-state index in [2.05, 4.69) is 50.1 Å². The molecule has 2 unspecified atom stereocenters. The summed E-state index contributed by atoms with van der Waals surface area (Å²) < 4.78 is 17.2. The lowest BCUT2D eigenvalue weighted by Crippen LogP contribution is -2.50. The molecule has 3 aliphatic heterocycles. The molecule has 0 bridgehead atoms. The zero-order valence-corrected chi connectivity index (χ0v) is 34.5. The molecule has 0 radical (unpaired) electrons. The number of allylic oxidation sites excluding steroid dienone is 1. The van der Waals surface area contributed by atoms with Gasteiger partial charge >= 0.3 is 12.0 Å². The van der Waals surface area contributed by atoms with Gasteiger partial charge in [0.1, 0.15) is 17.3 Å². The van der Waals surface area contributed by atoms with E-state index in [4.69, 9.17) is 24.9 Å². The third kappa shape index (κ3) is 8.50. The number of primary amides is 1. The van der Waals surface area contributed by atoms with Crippen LogP contribution in [0.15, 0.2) is 42.6 Å². The van der Waals surface area contributed by atoms with E-state index in [1.807, 2.05) is 37.1 Å². The molecular weight excluding hydrogens is 739 g/mol. The highest BCUT2D eigenvalue weighted by Crippen LogP contribution is 2.40. The number of urea groups is 1. The Morgan fingerprint density at radius 1 is 0.966 bits per heavy atom. The first kappa shape index (κ1) is 40.6. The topological polar surface area (TPSA) is 159 Å². The van der Waals surface area contributed by atoms with Gasteiger partial charge in [0, 0.05) is 82.8 Å². The second kappa shape index (κ2) is 17.9. The van der Waals surface area contributed by atoms with Crippen molar-refractivity contribution in [2.24, 2.45) is 5.73 Å². The highest BCUT2D eigenvalue weighted by atomic mass is 16.5. The lowest BCUT2D eigenvalue weighted by Gasteiger charge is -2.39. The lowest BCUT2D eigenvalue weighted by atomic mass is 9.96. The average molecular weight is 796 g/mol. The van der Waals surface area contributed by atoms with E-state index in [0.717, 1.165) is 93.9 Å². The number of aromatic nitrogens is 2. The van der Waals surface area contributed by atoms with Crippen LogP contribution in [0.2, 0.25) is 0 Å². The van der Waals surface area contributed by atoms with Gasteiger partial charge in [-0.1, -0.05) is 25.1 Å². The first-order chi connectivity index (χ1) is 28.1. The number of nitrogens with two attached hydrogens (primary N) is 1. The molecule has 4 aliphatic rings. The Morgan fingerprint density at radius 3 is 2.47 bits per heavy atom. The summed E-state index contributed by atoms with van der Waals surface area (Å²) in [7, 11) is 5.22. The van der Waals surface area contributed by atoms with Gasteiger partial charge in [0.2, 0.25) is 0 Å². The highest BCUT2D eigenvalue weighted by molar-refractivity contribution is 5.96. The summed E-state index contributed by atoms with van der Waals surface area (Å²) in [6.07, 6.45) is 8.40. The van der Waals surface area contributed by atoms with E-state index in [1.165, 1.54) is 11.1 Å². The van der Waals surface area contributed by atoms with E-state index in [-0.39, 0.29) is 36.0 Å². The fourth-order valence-electron chi connectivity index (χ4n) is 8.99. The minimum absolute atomic E-state index is 0.0465. The van der Waals surface area contributed by atoms with Gasteiger partial charge in [-0.25, -0.2) is 14.8 Å². The number of rotatable bonds is 14. The van der Waals surface area contributed by atoms with Crippen LogP contribution in [-0.2, 0) is 22.4 Å². The SMILES string of the molecule is CC/C=C(\CC(=O)OCC)c1ccc2c(c1OC)CC(N1CCN(c3ccc(Nc4nc(N5CCCC(N6CCN(C)C6=O)C5)cnc4C(N)=O)cc3OC)CC1)C2. The summed E-state index contributed by atoms with van der Waals surface area (Å²) in [5.74, 6) is 1.55. The molecule has 1 aromatic heterocycles. The molecule has 58 heavy (non-hydrogen) atoms. The van der Waals surface area contributed by atoms with Gasteiger partial charge in [-0.2, -0.15) is 0 Å². The highest BCUT2D eigenvalue weighted by Gasteiger charge is 2.36. The van der Waals surface area contributed by atoms with Crippen LogP contribution in [0.1, 0.15) is 66.7 Å². The molecule has 3 N–H and O–H groups in total. The van der Waals surface area contributed by atoms with Crippen molar-refractivity contribution in [3.8, 4) is 11.5 Å². The third-order valence-electron chi connectivity index (χ3n) is 11.9. The van der Waals surface area contributed by atoms with E-state index in [1.54, 1.807) is 25.3 Å². The van der Waals surface area contributed by atoms with Gasteiger partial charge in [0.25, 0.3) is 5.91 Å². The molecule has 1 aliphatic carbocycles. The maximum Gasteiger partial charge on any atom is 0.320 e. The smallest absolute Gasteiger partial charge is 0.320 e. The van der Waals surface area contributed by atoms with Crippen LogP contribution in [0.25, 0.3) is 5.57 Å². The maximum atomic E-state index is 12.7. The van der Waals surface area contributed by atoms with Crippen molar-refractivity contribution in [3.05, 3.63) is 65.0 Å². The second-order valence-corrected chi connectivity index (χ2v) is 15.4. The van der Waals surface area contributed by atoms with Crippen molar-refractivity contribution < 1.29 is 28.6 Å². The molecule has 0 saturated carbocycles. The number of methoxy groups -OCH3 is 2. The molecule has 0 spiro atoms. The summed E-state index contributed by atoms with van der Waals surface area (Å²) in [5.41, 5.74) is 11.9. The van der Waals surface area contributed by atoms with Crippen LogP contribution in [0.4, 0.5) is 27.8 Å². The number of carbonyl (C=O) groups is 3. The number of esters is 1. The molecule has 310 valence electrons. The number of anilines is 4. The average Bonchev–Trinajstić information content (AvgIpc) is 3.82. The largest absolute Gasteiger partial charge is 0.496 e. The summed E-state index contributed by atoms with van der Waals surface area (Å²) in [5, 5.41) is 3.30. The molecule has 4 heterocycles. The van der Waals surface area contributed by atoms with Crippen LogP contribution in [0.5, 0.6) is 11.5 Å². The molecule has 15 heteroatoms. The van der Waals surface area contributed by atoms with E-state index < -0.39 is 5.91 Å². The number of nitrogens with zero attached hydrogens (tertiary/aromatic N) is 7. The van der Waals surface area contributed by atoms with Crippen molar-refractivity contribution >= 4 is 46.5 Å². The Morgan fingerprint density at radius 2 is 1.78 bits per heavy atom. The van der Waals surface area contributed by atoms with Gasteiger partial charge in [-0.05, 0) is 67.9 Å². The fourth-order valence-corrected chi connectivity index (χ4v) is 8.99. The Labute approximate surface area is 341 Å². The van der Waals surface area contributed by atoms with Crippen LogP contribution in [0, 0.1) is 0 Å².